The van der Waals surface area contributed by atoms with Gasteiger partial charge < -0.3 is 5.32 Å². The highest BCUT2D eigenvalue weighted by Crippen LogP contribution is 2.13. The van der Waals surface area contributed by atoms with Crippen LogP contribution >= 0.6 is 0 Å². The van der Waals surface area contributed by atoms with Crippen LogP contribution in [0.1, 0.15) is 108 Å². The quantitative estimate of drug-likeness (QED) is 0.258. The van der Waals surface area contributed by atoms with Crippen LogP contribution in [0.4, 0.5) is 0 Å². The van der Waals surface area contributed by atoms with Crippen molar-refractivity contribution in [1.29, 1.82) is 0 Å². The van der Waals surface area contributed by atoms with Crippen LogP contribution in [0.2, 0.25) is 0 Å². The molecule has 0 saturated carbocycles. The molecule has 0 spiro atoms. The number of nitrogens with one attached hydrogen (secondary N) is 1. The van der Waals surface area contributed by atoms with Crippen LogP contribution in [-0.4, -0.2) is 18.9 Å². The molecule has 0 radical (unpaired) electrons. The molecule has 0 aliphatic heterocycles. The van der Waals surface area contributed by atoms with Crippen molar-refractivity contribution in [2.75, 3.05) is 13.1 Å². The maximum Gasteiger partial charge on any atom is 0.132 e. The number of hydrogen-bond acceptors (Lipinski definition) is 2. The zero-order valence-corrected chi connectivity index (χ0v) is 18.7. The highest BCUT2D eigenvalue weighted by Gasteiger charge is 2.03. The molecule has 1 aromatic carbocycles. The minimum absolute atomic E-state index is 0.455. The van der Waals surface area contributed by atoms with Crippen molar-refractivity contribution in [1.82, 2.24) is 5.32 Å². The lowest BCUT2D eigenvalue weighted by molar-refractivity contribution is -0.119. The molecule has 0 fully saturated rings. The number of aryl methyl sites for hydroxylation is 2. The van der Waals surface area contributed by atoms with Gasteiger partial charge in [-0.05, 0) is 62.7 Å². The van der Waals surface area contributed by atoms with Gasteiger partial charge in [0, 0.05) is 12.8 Å². The SMILES string of the molecule is CCCCCCCc1ccc(CCCC(=O)CCCCCCCNCC)cc1. The van der Waals surface area contributed by atoms with E-state index in [4.69, 9.17) is 0 Å². The Hall–Kier alpha value is -1.15. The number of rotatable bonds is 19. The third-order valence-electron chi connectivity index (χ3n) is 5.57. The fraction of sp³-hybridized carbons (Fsp3) is 0.731. The average Bonchev–Trinajstić information content (AvgIpc) is 2.71. The lowest BCUT2D eigenvalue weighted by atomic mass is 10.0. The zero-order valence-electron chi connectivity index (χ0n) is 18.7. The summed E-state index contributed by atoms with van der Waals surface area (Å²) in [7, 11) is 0. The summed E-state index contributed by atoms with van der Waals surface area (Å²) in [5.74, 6) is 0.455. The normalized spacial score (nSPS) is 11.1. The van der Waals surface area contributed by atoms with Crippen LogP contribution in [0, 0.1) is 0 Å². The molecule has 2 heteroatoms. The van der Waals surface area contributed by atoms with E-state index in [0.29, 0.717) is 5.78 Å². The fourth-order valence-corrected chi connectivity index (χ4v) is 3.70. The van der Waals surface area contributed by atoms with Crippen LogP contribution in [0.15, 0.2) is 24.3 Å². The van der Waals surface area contributed by atoms with E-state index in [0.717, 1.165) is 45.2 Å². The van der Waals surface area contributed by atoms with E-state index in [9.17, 15) is 4.79 Å². The summed E-state index contributed by atoms with van der Waals surface area (Å²) >= 11 is 0. The summed E-state index contributed by atoms with van der Waals surface area (Å²) < 4.78 is 0. The van der Waals surface area contributed by atoms with Gasteiger partial charge in [-0.2, -0.15) is 0 Å². The standard InChI is InChI=1S/C26H45NO/c1-3-5-6-8-11-15-24-19-21-25(22-20-24)16-14-18-26(28)17-12-9-7-10-13-23-27-4-2/h19-22,27H,3-18,23H2,1-2H3. The van der Waals surface area contributed by atoms with E-state index in [1.807, 2.05) is 0 Å². The lowest BCUT2D eigenvalue weighted by Gasteiger charge is -2.05. The van der Waals surface area contributed by atoms with Gasteiger partial charge >= 0.3 is 0 Å². The smallest absolute Gasteiger partial charge is 0.132 e. The van der Waals surface area contributed by atoms with Crippen molar-refractivity contribution >= 4 is 5.78 Å². The summed E-state index contributed by atoms with van der Waals surface area (Å²) in [5.41, 5.74) is 2.84. The largest absolute Gasteiger partial charge is 0.317 e. The van der Waals surface area contributed by atoms with Gasteiger partial charge in [0.15, 0.2) is 0 Å². The number of carbonyl (C=O) groups is 1. The van der Waals surface area contributed by atoms with E-state index in [1.165, 1.54) is 75.3 Å². The zero-order chi connectivity index (χ0) is 20.3. The van der Waals surface area contributed by atoms with E-state index >= 15 is 0 Å². The monoisotopic (exact) mass is 387 g/mol. The first-order valence-corrected chi connectivity index (χ1v) is 12.1. The number of Topliss-reactive ketones (excluding diaryl/α,β-unsaturated/α-hetero) is 1. The predicted molar refractivity (Wildman–Crippen MR) is 123 cm³/mol. The lowest BCUT2D eigenvalue weighted by Crippen LogP contribution is -2.13. The van der Waals surface area contributed by atoms with Gasteiger partial charge in [-0.3, -0.25) is 4.79 Å². The summed E-state index contributed by atoms with van der Waals surface area (Å²) in [6.45, 7) is 6.62. The molecule has 2 nitrogen and oxygen atoms in total. The van der Waals surface area contributed by atoms with Crippen molar-refractivity contribution in [3.8, 4) is 0 Å². The van der Waals surface area contributed by atoms with Crippen molar-refractivity contribution in [3.05, 3.63) is 35.4 Å². The van der Waals surface area contributed by atoms with Crippen molar-refractivity contribution < 1.29 is 4.79 Å². The summed E-state index contributed by atoms with van der Waals surface area (Å²) in [4.78, 5) is 12.0. The molecule has 160 valence electrons. The summed E-state index contributed by atoms with van der Waals surface area (Å²) in [5, 5.41) is 3.36. The molecular formula is C26H45NO. The summed E-state index contributed by atoms with van der Waals surface area (Å²) in [6.07, 6.45) is 17.6. The van der Waals surface area contributed by atoms with Crippen molar-refractivity contribution in [2.45, 2.75) is 110 Å². The maximum absolute atomic E-state index is 12.0. The second-order valence-electron chi connectivity index (χ2n) is 8.24. The van der Waals surface area contributed by atoms with Crippen molar-refractivity contribution in [2.24, 2.45) is 0 Å². The van der Waals surface area contributed by atoms with Gasteiger partial charge in [-0.25, -0.2) is 0 Å². The summed E-state index contributed by atoms with van der Waals surface area (Å²) in [6, 6.07) is 9.10. The van der Waals surface area contributed by atoms with Gasteiger partial charge in [-0.15, -0.1) is 0 Å². The highest BCUT2D eigenvalue weighted by molar-refractivity contribution is 5.78. The van der Waals surface area contributed by atoms with Gasteiger partial charge in [0.05, 0.1) is 0 Å². The molecular weight excluding hydrogens is 342 g/mol. The average molecular weight is 388 g/mol. The fourth-order valence-electron chi connectivity index (χ4n) is 3.70. The Balaban J connectivity index is 2.01. The number of carbonyl (C=O) groups excluding carboxylic acids is 1. The van der Waals surface area contributed by atoms with Gasteiger partial charge in [0.2, 0.25) is 0 Å². The Bertz CT molecular complexity index is 480. The Labute approximate surface area is 174 Å². The third-order valence-corrected chi connectivity index (χ3v) is 5.57. The van der Waals surface area contributed by atoms with Crippen LogP contribution < -0.4 is 5.32 Å². The topological polar surface area (TPSA) is 29.1 Å². The molecule has 0 heterocycles. The van der Waals surface area contributed by atoms with Crippen LogP contribution in [-0.2, 0) is 17.6 Å². The Morgan fingerprint density at radius 1 is 0.679 bits per heavy atom. The molecule has 0 aliphatic carbocycles. The highest BCUT2D eigenvalue weighted by atomic mass is 16.1. The first-order chi connectivity index (χ1) is 13.8. The van der Waals surface area contributed by atoms with E-state index in [2.05, 4.69) is 43.4 Å². The van der Waals surface area contributed by atoms with E-state index in [-0.39, 0.29) is 0 Å². The maximum atomic E-state index is 12.0. The van der Waals surface area contributed by atoms with Crippen LogP contribution in [0.3, 0.4) is 0 Å². The Morgan fingerprint density at radius 2 is 1.21 bits per heavy atom. The molecule has 0 bridgehead atoms. The molecule has 1 N–H and O–H groups in total. The minimum Gasteiger partial charge on any atom is -0.317 e. The molecule has 0 saturated heterocycles. The number of hydrogen-bond donors (Lipinski definition) is 1. The Morgan fingerprint density at radius 3 is 1.89 bits per heavy atom. The first kappa shape index (κ1) is 24.9. The molecule has 28 heavy (non-hydrogen) atoms. The number of benzene rings is 1. The van der Waals surface area contributed by atoms with Crippen LogP contribution in [0.5, 0.6) is 0 Å². The predicted octanol–water partition coefficient (Wildman–Crippen LogP) is 7.04. The molecule has 0 amide bonds. The minimum atomic E-state index is 0.455. The Kier molecular flexibility index (Phi) is 15.9. The molecule has 0 aromatic heterocycles. The van der Waals surface area contributed by atoms with E-state index in [1.54, 1.807) is 0 Å². The molecule has 0 atom stereocenters. The number of unbranched alkanes of at least 4 members (excludes halogenated alkanes) is 8. The molecule has 1 aromatic rings. The second kappa shape index (κ2) is 17.9. The van der Waals surface area contributed by atoms with E-state index < -0.39 is 0 Å². The molecule has 0 aliphatic rings. The molecule has 1 rings (SSSR count). The third kappa shape index (κ3) is 13.9. The van der Waals surface area contributed by atoms with Gasteiger partial charge in [0.1, 0.15) is 5.78 Å². The van der Waals surface area contributed by atoms with Gasteiger partial charge in [0.25, 0.3) is 0 Å². The van der Waals surface area contributed by atoms with Crippen molar-refractivity contribution in [3.63, 3.8) is 0 Å². The van der Waals surface area contributed by atoms with Crippen LogP contribution in [0.25, 0.3) is 0 Å². The second-order valence-corrected chi connectivity index (χ2v) is 8.24. The van der Waals surface area contributed by atoms with Gasteiger partial charge in [-0.1, -0.05) is 83.1 Å². The first-order valence-electron chi connectivity index (χ1n) is 12.1. The molecule has 0 unspecified atom stereocenters. The number of ketones is 1.